The normalized spacial score (nSPS) is 19.3. The molecule has 0 saturated carbocycles. The van der Waals surface area contributed by atoms with Crippen LogP contribution >= 0.6 is 0 Å². The van der Waals surface area contributed by atoms with Gasteiger partial charge in [0.15, 0.2) is 0 Å². The molecule has 4 aromatic rings. The zero-order valence-electron chi connectivity index (χ0n) is 20.6. The number of ether oxygens (including phenoxy) is 1. The summed E-state index contributed by atoms with van der Waals surface area (Å²) in [5, 5.41) is 2.37. The Hall–Kier alpha value is -3.15. The van der Waals surface area contributed by atoms with Crippen molar-refractivity contribution in [3.63, 3.8) is 0 Å². The molecular formula is C27H27F3N2O5S. The maximum absolute atomic E-state index is 13.2. The van der Waals surface area contributed by atoms with E-state index < -0.39 is 28.1 Å². The Labute approximate surface area is 218 Å². The molecule has 202 valence electrons. The minimum absolute atomic E-state index is 0.0781. The van der Waals surface area contributed by atoms with Gasteiger partial charge in [-0.1, -0.05) is 24.3 Å². The topological polar surface area (TPSA) is 81.9 Å². The fourth-order valence-electron chi connectivity index (χ4n) is 5.12. The number of alkyl halides is 3. The molecule has 1 saturated heterocycles. The highest BCUT2D eigenvalue weighted by molar-refractivity contribution is 7.86. The second-order valence-corrected chi connectivity index (χ2v) is 11.0. The van der Waals surface area contributed by atoms with E-state index in [1.165, 1.54) is 18.4 Å². The number of aromatic nitrogens is 1. The van der Waals surface area contributed by atoms with Crippen LogP contribution < -0.4 is 4.74 Å². The van der Waals surface area contributed by atoms with Crippen molar-refractivity contribution in [2.75, 3.05) is 26.0 Å². The van der Waals surface area contributed by atoms with Crippen molar-refractivity contribution in [1.29, 1.82) is 0 Å². The number of nitrogens with zero attached hydrogens (tertiary/aromatic N) is 2. The fraction of sp³-hybridized carbons (Fsp3) is 0.370. The smallest absolute Gasteiger partial charge is 0.420 e. The van der Waals surface area contributed by atoms with E-state index in [-0.39, 0.29) is 23.5 Å². The van der Waals surface area contributed by atoms with Crippen molar-refractivity contribution in [1.82, 2.24) is 9.88 Å². The summed E-state index contributed by atoms with van der Waals surface area (Å²) in [7, 11) is -3.70. The number of hydrogen-bond acceptors (Lipinski definition) is 7. The van der Waals surface area contributed by atoms with E-state index in [2.05, 4.69) is 4.98 Å². The first kappa shape index (κ1) is 26.5. The Morgan fingerprint density at radius 2 is 1.92 bits per heavy atom. The van der Waals surface area contributed by atoms with Gasteiger partial charge in [0.25, 0.3) is 10.1 Å². The number of halogens is 3. The zero-order chi connectivity index (χ0) is 26.9. The largest absolute Gasteiger partial charge is 0.493 e. The van der Waals surface area contributed by atoms with Gasteiger partial charge in [-0.2, -0.15) is 21.6 Å². The van der Waals surface area contributed by atoms with E-state index >= 15 is 0 Å². The number of likely N-dealkylation sites (tertiary alicyclic amines) is 1. The fourth-order valence-corrected chi connectivity index (χ4v) is 5.72. The monoisotopic (exact) mass is 548 g/mol. The molecule has 0 radical (unpaired) electrons. The molecule has 0 amide bonds. The van der Waals surface area contributed by atoms with Crippen LogP contribution in [0.5, 0.6) is 5.75 Å². The molecule has 1 aliphatic rings. The van der Waals surface area contributed by atoms with Gasteiger partial charge in [-0.05, 0) is 54.3 Å². The second kappa shape index (κ2) is 10.5. The van der Waals surface area contributed by atoms with Gasteiger partial charge in [-0.25, -0.2) is 0 Å². The van der Waals surface area contributed by atoms with Crippen molar-refractivity contribution >= 4 is 31.9 Å². The summed E-state index contributed by atoms with van der Waals surface area (Å²) in [6.45, 7) is 1.33. The summed E-state index contributed by atoms with van der Waals surface area (Å²) in [6, 6.07) is 11.7. The van der Waals surface area contributed by atoms with E-state index in [1.807, 2.05) is 41.6 Å². The minimum atomic E-state index is -4.53. The van der Waals surface area contributed by atoms with Crippen LogP contribution in [0.3, 0.4) is 0 Å². The van der Waals surface area contributed by atoms with Crippen LogP contribution in [0.4, 0.5) is 13.2 Å². The number of furan rings is 1. The SMILES string of the molecule is CS(=O)(=O)OC1CC(c2cncc3ccccc23)CCN1CCCOc1ccc(C(F)(F)F)c2occc12. The van der Waals surface area contributed by atoms with E-state index in [4.69, 9.17) is 13.3 Å². The Bertz CT molecular complexity index is 1530. The second-order valence-electron chi connectivity index (χ2n) is 9.44. The Kier molecular flexibility index (Phi) is 7.34. The zero-order valence-corrected chi connectivity index (χ0v) is 21.5. The van der Waals surface area contributed by atoms with Gasteiger partial charge in [-0.3, -0.25) is 14.1 Å². The van der Waals surface area contributed by atoms with Gasteiger partial charge >= 0.3 is 6.18 Å². The van der Waals surface area contributed by atoms with Crippen LogP contribution in [-0.4, -0.2) is 50.5 Å². The molecule has 0 bridgehead atoms. The number of pyridine rings is 1. The summed E-state index contributed by atoms with van der Waals surface area (Å²) in [6.07, 6.45) is 2.53. The minimum Gasteiger partial charge on any atom is -0.493 e. The van der Waals surface area contributed by atoms with Crippen molar-refractivity contribution in [3.8, 4) is 5.75 Å². The molecule has 2 aromatic carbocycles. The van der Waals surface area contributed by atoms with E-state index in [0.717, 1.165) is 35.1 Å². The highest BCUT2D eigenvalue weighted by atomic mass is 32.2. The lowest BCUT2D eigenvalue weighted by Crippen LogP contribution is -2.45. The first-order valence-electron chi connectivity index (χ1n) is 12.3. The van der Waals surface area contributed by atoms with Gasteiger partial charge in [-0.15, -0.1) is 0 Å². The first-order valence-corrected chi connectivity index (χ1v) is 14.1. The number of rotatable bonds is 8. The van der Waals surface area contributed by atoms with Crippen LogP contribution in [0.15, 0.2) is 65.5 Å². The predicted octanol–water partition coefficient (Wildman–Crippen LogP) is 5.95. The maximum atomic E-state index is 13.2. The lowest BCUT2D eigenvalue weighted by atomic mass is 9.87. The lowest BCUT2D eigenvalue weighted by Gasteiger charge is -2.38. The van der Waals surface area contributed by atoms with Crippen LogP contribution in [0, 0.1) is 0 Å². The van der Waals surface area contributed by atoms with Crippen LogP contribution in [-0.2, 0) is 20.5 Å². The maximum Gasteiger partial charge on any atom is 0.420 e. The average molecular weight is 549 g/mol. The molecule has 0 aliphatic carbocycles. The third kappa shape index (κ3) is 5.79. The molecule has 5 rings (SSSR count). The molecule has 1 aliphatic heterocycles. The molecule has 11 heteroatoms. The third-order valence-corrected chi connectivity index (χ3v) is 7.38. The van der Waals surface area contributed by atoms with Crippen LogP contribution in [0.25, 0.3) is 21.7 Å². The Morgan fingerprint density at radius 1 is 1.11 bits per heavy atom. The van der Waals surface area contributed by atoms with Crippen LogP contribution in [0.2, 0.25) is 0 Å². The summed E-state index contributed by atoms with van der Waals surface area (Å²) >= 11 is 0. The van der Waals surface area contributed by atoms with Gasteiger partial charge < -0.3 is 9.15 Å². The number of piperidine rings is 1. The van der Waals surface area contributed by atoms with Gasteiger partial charge in [0.05, 0.1) is 30.1 Å². The molecule has 0 spiro atoms. The quantitative estimate of drug-likeness (QED) is 0.199. The molecule has 3 heterocycles. The Morgan fingerprint density at radius 3 is 2.71 bits per heavy atom. The van der Waals surface area contributed by atoms with Crippen molar-refractivity contribution < 1.29 is 34.9 Å². The number of fused-ring (bicyclic) bond motifs is 2. The van der Waals surface area contributed by atoms with Crippen molar-refractivity contribution in [3.05, 3.63) is 72.2 Å². The van der Waals surface area contributed by atoms with Gasteiger partial charge in [0.2, 0.25) is 0 Å². The molecule has 1 fully saturated rings. The predicted molar refractivity (Wildman–Crippen MR) is 136 cm³/mol. The summed E-state index contributed by atoms with van der Waals surface area (Å²) in [5.74, 6) is 0.377. The summed E-state index contributed by atoms with van der Waals surface area (Å²) in [4.78, 5) is 6.35. The molecule has 2 unspecified atom stereocenters. The number of benzene rings is 2. The molecule has 0 N–H and O–H groups in total. The molecule has 2 atom stereocenters. The highest BCUT2D eigenvalue weighted by Crippen LogP contribution is 2.39. The summed E-state index contributed by atoms with van der Waals surface area (Å²) in [5.41, 5.74) is -0.0453. The first-order chi connectivity index (χ1) is 18.1. The van der Waals surface area contributed by atoms with Crippen molar-refractivity contribution in [2.45, 2.75) is 37.6 Å². The molecule has 38 heavy (non-hydrogen) atoms. The molecule has 7 nitrogen and oxygen atoms in total. The molecule has 2 aromatic heterocycles. The average Bonchev–Trinajstić information content (AvgIpc) is 3.35. The summed E-state index contributed by atoms with van der Waals surface area (Å²) < 4.78 is 80.1. The van der Waals surface area contributed by atoms with E-state index in [1.54, 1.807) is 0 Å². The van der Waals surface area contributed by atoms with Gasteiger partial charge in [0, 0.05) is 30.9 Å². The van der Waals surface area contributed by atoms with Crippen LogP contribution in [0.1, 0.15) is 36.3 Å². The third-order valence-electron chi connectivity index (χ3n) is 6.81. The number of hydrogen-bond donors (Lipinski definition) is 0. The lowest BCUT2D eigenvalue weighted by molar-refractivity contribution is -0.136. The molecular weight excluding hydrogens is 521 g/mol. The van der Waals surface area contributed by atoms with E-state index in [9.17, 15) is 21.6 Å². The standard InChI is InChI=1S/C27H27F3N2O5S/c1-38(33,34)37-25-15-18(22-17-31-16-19-5-2-3-6-20(19)22)9-12-32(25)11-4-13-35-24-8-7-23(27(28,29)30)26-21(24)10-14-36-26/h2-3,5-8,10,14,16-18,25H,4,9,11-13,15H2,1H3. The van der Waals surface area contributed by atoms with Crippen molar-refractivity contribution in [2.24, 2.45) is 0 Å². The highest BCUT2D eigenvalue weighted by Gasteiger charge is 2.35. The van der Waals surface area contributed by atoms with E-state index in [0.29, 0.717) is 31.7 Å². The Balaban J connectivity index is 1.25. The van der Waals surface area contributed by atoms with Gasteiger partial charge in [0.1, 0.15) is 17.6 Å².